The Hall–Kier alpha value is -0.160. The maximum Gasteiger partial charge on any atom is 0.0820 e. The predicted octanol–water partition coefficient (Wildman–Crippen LogP) is 0.317. The Morgan fingerprint density at radius 1 is 1.29 bits per heavy atom. The molecule has 0 bridgehead atoms. The SMILES string of the molecule is COCCN(CC(CN)OC)C(C)C. The van der Waals surface area contributed by atoms with Crippen LogP contribution in [0.15, 0.2) is 0 Å². The molecule has 0 aliphatic carbocycles. The van der Waals surface area contributed by atoms with Gasteiger partial charge in [-0.05, 0) is 13.8 Å². The number of nitrogens with zero attached hydrogens (tertiary/aromatic N) is 1. The minimum absolute atomic E-state index is 0.120. The molecule has 0 aromatic rings. The number of nitrogens with two attached hydrogens (primary N) is 1. The Labute approximate surface area is 87.4 Å². The first kappa shape index (κ1) is 13.8. The quantitative estimate of drug-likeness (QED) is 0.618. The van der Waals surface area contributed by atoms with Crippen LogP contribution in [0.4, 0.5) is 0 Å². The fourth-order valence-corrected chi connectivity index (χ4v) is 1.28. The molecule has 0 radical (unpaired) electrons. The normalized spacial score (nSPS) is 13.9. The van der Waals surface area contributed by atoms with E-state index >= 15 is 0 Å². The highest BCUT2D eigenvalue weighted by Gasteiger charge is 2.14. The fraction of sp³-hybridized carbons (Fsp3) is 1.00. The molecule has 0 saturated heterocycles. The zero-order chi connectivity index (χ0) is 11.0. The van der Waals surface area contributed by atoms with Crippen LogP contribution in [0.5, 0.6) is 0 Å². The lowest BCUT2D eigenvalue weighted by Gasteiger charge is -2.29. The molecule has 4 nitrogen and oxygen atoms in total. The second kappa shape index (κ2) is 8.17. The highest BCUT2D eigenvalue weighted by molar-refractivity contribution is 4.69. The fourth-order valence-electron chi connectivity index (χ4n) is 1.28. The third-order valence-electron chi connectivity index (χ3n) is 2.35. The van der Waals surface area contributed by atoms with Crippen molar-refractivity contribution in [2.24, 2.45) is 5.73 Å². The Morgan fingerprint density at radius 3 is 2.29 bits per heavy atom. The maximum atomic E-state index is 5.58. The van der Waals surface area contributed by atoms with E-state index in [2.05, 4.69) is 18.7 Å². The van der Waals surface area contributed by atoms with Gasteiger partial charge >= 0.3 is 0 Å². The summed E-state index contributed by atoms with van der Waals surface area (Å²) in [5.41, 5.74) is 5.58. The molecule has 86 valence electrons. The molecule has 0 aliphatic rings. The third kappa shape index (κ3) is 5.54. The van der Waals surface area contributed by atoms with Crippen LogP contribution in [0, 0.1) is 0 Å². The summed E-state index contributed by atoms with van der Waals surface area (Å²) in [7, 11) is 3.42. The zero-order valence-electron chi connectivity index (χ0n) is 9.82. The molecule has 0 aliphatic heterocycles. The molecule has 0 rings (SSSR count). The van der Waals surface area contributed by atoms with E-state index in [1.54, 1.807) is 14.2 Å². The van der Waals surface area contributed by atoms with Gasteiger partial charge in [-0.25, -0.2) is 0 Å². The molecule has 0 aromatic carbocycles. The first-order valence-corrected chi connectivity index (χ1v) is 5.11. The van der Waals surface area contributed by atoms with E-state index < -0.39 is 0 Å². The van der Waals surface area contributed by atoms with E-state index in [1.165, 1.54) is 0 Å². The van der Waals surface area contributed by atoms with Crippen molar-refractivity contribution < 1.29 is 9.47 Å². The summed E-state index contributed by atoms with van der Waals surface area (Å²) in [5.74, 6) is 0. The molecule has 0 heterocycles. The van der Waals surface area contributed by atoms with Crippen molar-refractivity contribution in [3.05, 3.63) is 0 Å². The van der Waals surface area contributed by atoms with Gasteiger partial charge in [-0.3, -0.25) is 4.90 Å². The molecule has 0 spiro atoms. The van der Waals surface area contributed by atoms with Gasteiger partial charge in [0.05, 0.1) is 12.7 Å². The van der Waals surface area contributed by atoms with Crippen LogP contribution in [0.25, 0.3) is 0 Å². The van der Waals surface area contributed by atoms with Crippen molar-refractivity contribution in [2.45, 2.75) is 26.0 Å². The Kier molecular flexibility index (Phi) is 8.08. The maximum absolute atomic E-state index is 5.58. The number of methoxy groups -OCH3 is 2. The molecule has 0 saturated carbocycles. The summed E-state index contributed by atoms with van der Waals surface area (Å²) >= 11 is 0. The van der Waals surface area contributed by atoms with Gasteiger partial charge in [0.1, 0.15) is 0 Å². The summed E-state index contributed by atoms with van der Waals surface area (Å²) < 4.78 is 10.3. The molecule has 2 N–H and O–H groups in total. The van der Waals surface area contributed by atoms with Crippen LogP contribution in [-0.2, 0) is 9.47 Å². The first-order chi connectivity index (χ1) is 6.65. The monoisotopic (exact) mass is 204 g/mol. The van der Waals surface area contributed by atoms with Gasteiger partial charge in [0.25, 0.3) is 0 Å². The van der Waals surface area contributed by atoms with Crippen molar-refractivity contribution >= 4 is 0 Å². The second-order valence-corrected chi connectivity index (χ2v) is 3.67. The topological polar surface area (TPSA) is 47.7 Å². The van der Waals surface area contributed by atoms with Crippen molar-refractivity contribution in [1.29, 1.82) is 0 Å². The van der Waals surface area contributed by atoms with Gasteiger partial charge in [-0.1, -0.05) is 0 Å². The second-order valence-electron chi connectivity index (χ2n) is 3.67. The lowest BCUT2D eigenvalue weighted by atomic mass is 10.2. The van der Waals surface area contributed by atoms with Crippen LogP contribution in [0.2, 0.25) is 0 Å². The van der Waals surface area contributed by atoms with Crippen molar-refractivity contribution in [3.63, 3.8) is 0 Å². The third-order valence-corrected chi connectivity index (χ3v) is 2.35. The average Bonchev–Trinajstić information content (AvgIpc) is 2.18. The first-order valence-electron chi connectivity index (χ1n) is 5.11. The molecular formula is C10H24N2O2. The summed E-state index contributed by atoms with van der Waals surface area (Å²) in [4.78, 5) is 2.31. The predicted molar refractivity (Wildman–Crippen MR) is 58.4 cm³/mol. The highest BCUT2D eigenvalue weighted by atomic mass is 16.5. The van der Waals surface area contributed by atoms with Crippen molar-refractivity contribution in [1.82, 2.24) is 4.90 Å². The van der Waals surface area contributed by atoms with E-state index in [0.29, 0.717) is 12.6 Å². The summed E-state index contributed by atoms with van der Waals surface area (Å²) in [6.07, 6.45) is 0.120. The van der Waals surface area contributed by atoms with Crippen LogP contribution in [0.1, 0.15) is 13.8 Å². The van der Waals surface area contributed by atoms with E-state index in [9.17, 15) is 0 Å². The van der Waals surface area contributed by atoms with Crippen LogP contribution in [-0.4, -0.2) is 57.5 Å². The summed E-state index contributed by atoms with van der Waals surface area (Å²) in [5, 5.41) is 0. The van der Waals surface area contributed by atoms with Gasteiger partial charge in [0, 0.05) is 39.9 Å². The Morgan fingerprint density at radius 2 is 1.93 bits per heavy atom. The summed E-state index contributed by atoms with van der Waals surface area (Å²) in [6, 6.07) is 0.495. The van der Waals surface area contributed by atoms with Gasteiger partial charge in [0.15, 0.2) is 0 Å². The lowest BCUT2D eigenvalue weighted by Crippen LogP contribution is -2.42. The largest absolute Gasteiger partial charge is 0.383 e. The number of rotatable bonds is 8. The summed E-state index contributed by atoms with van der Waals surface area (Å²) in [6.45, 7) is 7.44. The van der Waals surface area contributed by atoms with Crippen LogP contribution < -0.4 is 5.73 Å². The minimum Gasteiger partial charge on any atom is -0.383 e. The molecule has 1 atom stereocenters. The van der Waals surface area contributed by atoms with E-state index in [-0.39, 0.29) is 6.10 Å². The smallest absolute Gasteiger partial charge is 0.0820 e. The highest BCUT2D eigenvalue weighted by Crippen LogP contribution is 2.01. The number of hydrogen-bond donors (Lipinski definition) is 1. The van der Waals surface area contributed by atoms with E-state index in [4.69, 9.17) is 15.2 Å². The molecule has 1 unspecified atom stereocenters. The van der Waals surface area contributed by atoms with E-state index in [0.717, 1.165) is 19.7 Å². The molecular weight excluding hydrogens is 180 g/mol. The molecule has 0 fully saturated rings. The molecule has 0 amide bonds. The van der Waals surface area contributed by atoms with Crippen LogP contribution >= 0.6 is 0 Å². The lowest BCUT2D eigenvalue weighted by molar-refractivity contribution is 0.0466. The zero-order valence-corrected chi connectivity index (χ0v) is 9.82. The minimum atomic E-state index is 0.120. The van der Waals surface area contributed by atoms with Crippen molar-refractivity contribution in [2.75, 3.05) is 40.5 Å². The van der Waals surface area contributed by atoms with Gasteiger partial charge in [-0.15, -0.1) is 0 Å². The molecule has 0 aromatic heterocycles. The standard InChI is InChI=1S/C10H24N2O2/c1-9(2)12(5-6-13-3)8-10(7-11)14-4/h9-10H,5-8,11H2,1-4H3. The Balaban J connectivity index is 3.93. The van der Waals surface area contributed by atoms with Gasteiger partial charge in [-0.2, -0.15) is 0 Å². The Bertz CT molecular complexity index is 127. The van der Waals surface area contributed by atoms with E-state index in [1.807, 2.05) is 0 Å². The molecule has 4 heteroatoms. The molecule has 14 heavy (non-hydrogen) atoms. The number of ether oxygens (including phenoxy) is 2. The van der Waals surface area contributed by atoms with Crippen molar-refractivity contribution in [3.8, 4) is 0 Å². The van der Waals surface area contributed by atoms with Crippen LogP contribution in [0.3, 0.4) is 0 Å². The number of hydrogen-bond acceptors (Lipinski definition) is 4. The van der Waals surface area contributed by atoms with Gasteiger partial charge < -0.3 is 15.2 Å². The van der Waals surface area contributed by atoms with Gasteiger partial charge in [0.2, 0.25) is 0 Å². The average molecular weight is 204 g/mol.